The minimum atomic E-state index is -0.299. The first-order valence-electron chi connectivity index (χ1n) is 4.83. The molecule has 1 rings (SSSR count). The summed E-state index contributed by atoms with van der Waals surface area (Å²) in [5.74, 6) is 0. The highest BCUT2D eigenvalue weighted by Crippen LogP contribution is 2.04. The summed E-state index contributed by atoms with van der Waals surface area (Å²) in [6.07, 6.45) is 6.78. The average molecular weight is 188 g/mol. The Balaban J connectivity index is 2.37. The van der Waals surface area contributed by atoms with E-state index in [0.717, 1.165) is 0 Å². The van der Waals surface area contributed by atoms with E-state index in [1.54, 1.807) is 6.08 Å². The lowest BCUT2D eigenvalue weighted by Gasteiger charge is -2.02. The molecular weight excluding hydrogens is 172 g/mol. The van der Waals surface area contributed by atoms with Crippen LogP contribution in [0.5, 0.6) is 0 Å². The molecule has 0 saturated heterocycles. The first-order chi connectivity index (χ1) is 6.83. The van der Waals surface area contributed by atoms with Crippen LogP contribution in [0.3, 0.4) is 0 Å². The molecule has 1 heteroatoms. The average Bonchev–Trinajstić information content (AvgIpc) is 2.20. The van der Waals surface area contributed by atoms with Gasteiger partial charge < -0.3 is 5.11 Å². The van der Waals surface area contributed by atoms with Crippen molar-refractivity contribution in [2.75, 3.05) is 0 Å². The van der Waals surface area contributed by atoms with Crippen LogP contribution in [0, 0.1) is 0 Å². The number of hydrogen-bond acceptors (Lipinski definition) is 1. The number of benzene rings is 1. The van der Waals surface area contributed by atoms with Crippen LogP contribution in [-0.4, -0.2) is 11.2 Å². The second-order valence-electron chi connectivity index (χ2n) is 3.23. The highest BCUT2D eigenvalue weighted by atomic mass is 16.3. The smallest absolute Gasteiger partial charge is 0.0609 e. The van der Waals surface area contributed by atoms with Crippen molar-refractivity contribution < 1.29 is 5.11 Å². The van der Waals surface area contributed by atoms with Crippen LogP contribution >= 0.6 is 0 Å². The van der Waals surface area contributed by atoms with Crippen molar-refractivity contribution in [3.63, 3.8) is 0 Å². The summed E-state index contributed by atoms with van der Waals surface area (Å²) in [6, 6.07) is 10.1. The molecular formula is C13H16O. The molecule has 0 aliphatic rings. The molecule has 1 N–H and O–H groups in total. The minimum Gasteiger partial charge on any atom is -0.392 e. The number of rotatable bonds is 5. The fourth-order valence-corrected chi connectivity index (χ4v) is 1.21. The molecule has 1 aromatic rings. The number of aliphatic hydroxyl groups is 1. The van der Waals surface area contributed by atoms with Crippen molar-refractivity contribution in [3.05, 3.63) is 54.6 Å². The molecule has 0 fully saturated rings. The van der Waals surface area contributed by atoms with Gasteiger partial charge in [-0.05, 0) is 18.4 Å². The fraction of sp³-hybridized carbons (Fsp3) is 0.231. The predicted octanol–water partition coefficient (Wildman–Crippen LogP) is 3.03. The van der Waals surface area contributed by atoms with Gasteiger partial charge in [-0.1, -0.05) is 48.6 Å². The molecule has 14 heavy (non-hydrogen) atoms. The summed E-state index contributed by atoms with van der Waals surface area (Å²) >= 11 is 0. The number of hydrogen-bond donors (Lipinski definition) is 1. The molecule has 1 unspecified atom stereocenters. The monoisotopic (exact) mass is 188 g/mol. The van der Waals surface area contributed by atoms with Crippen LogP contribution in [0.4, 0.5) is 0 Å². The molecule has 1 aromatic carbocycles. The van der Waals surface area contributed by atoms with Crippen molar-refractivity contribution in [1.29, 1.82) is 0 Å². The number of aliphatic hydroxyl groups excluding tert-OH is 1. The molecule has 0 saturated carbocycles. The third kappa shape index (κ3) is 4.06. The lowest BCUT2D eigenvalue weighted by molar-refractivity contribution is 0.181. The summed E-state index contributed by atoms with van der Waals surface area (Å²) in [5, 5.41) is 9.40. The Labute approximate surface area is 85.4 Å². The minimum absolute atomic E-state index is 0.299. The van der Waals surface area contributed by atoms with Gasteiger partial charge in [0.25, 0.3) is 0 Å². The predicted molar refractivity (Wildman–Crippen MR) is 60.9 cm³/mol. The quantitative estimate of drug-likeness (QED) is 0.704. The first-order valence-corrected chi connectivity index (χ1v) is 4.83. The van der Waals surface area contributed by atoms with Gasteiger partial charge in [0.05, 0.1) is 6.10 Å². The van der Waals surface area contributed by atoms with Gasteiger partial charge in [-0.15, -0.1) is 6.58 Å². The van der Waals surface area contributed by atoms with Gasteiger partial charge in [0.1, 0.15) is 0 Å². The van der Waals surface area contributed by atoms with Crippen LogP contribution in [0.25, 0.3) is 6.08 Å². The third-order valence-corrected chi connectivity index (χ3v) is 1.96. The van der Waals surface area contributed by atoms with Crippen LogP contribution in [0.15, 0.2) is 49.1 Å². The molecule has 1 atom stereocenters. The van der Waals surface area contributed by atoms with Crippen LogP contribution in [-0.2, 0) is 0 Å². The molecule has 0 aromatic heterocycles. The molecule has 0 aliphatic carbocycles. The van der Waals surface area contributed by atoms with Crippen LogP contribution < -0.4 is 0 Å². The standard InChI is InChI=1S/C13H16O/c1-2-7-13(14)11-6-10-12-8-4-3-5-9-12/h2-6,8-10,13-14H,1,7,11H2/b10-6+. The van der Waals surface area contributed by atoms with Gasteiger partial charge in [0, 0.05) is 0 Å². The van der Waals surface area contributed by atoms with Crippen LogP contribution in [0.2, 0.25) is 0 Å². The summed E-state index contributed by atoms with van der Waals surface area (Å²) in [5.41, 5.74) is 1.17. The molecule has 74 valence electrons. The van der Waals surface area contributed by atoms with Crippen LogP contribution in [0.1, 0.15) is 18.4 Å². The second-order valence-corrected chi connectivity index (χ2v) is 3.23. The van der Waals surface area contributed by atoms with E-state index in [1.165, 1.54) is 5.56 Å². The fourth-order valence-electron chi connectivity index (χ4n) is 1.21. The summed E-state index contributed by atoms with van der Waals surface area (Å²) in [4.78, 5) is 0. The molecule has 0 amide bonds. The zero-order chi connectivity index (χ0) is 10.2. The Hall–Kier alpha value is -1.34. The summed E-state index contributed by atoms with van der Waals surface area (Å²) < 4.78 is 0. The van der Waals surface area contributed by atoms with Gasteiger partial charge in [0.15, 0.2) is 0 Å². The largest absolute Gasteiger partial charge is 0.392 e. The topological polar surface area (TPSA) is 20.2 Å². The van der Waals surface area contributed by atoms with Gasteiger partial charge in [-0.3, -0.25) is 0 Å². The van der Waals surface area contributed by atoms with Crippen molar-refractivity contribution in [3.8, 4) is 0 Å². The van der Waals surface area contributed by atoms with Gasteiger partial charge >= 0.3 is 0 Å². The van der Waals surface area contributed by atoms with Crippen molar-refractivity contribution >= 4 is 6.08 Å². The molecule has 0 bridgehead atoms. The lowest BCUT2D eigenvalue weighted by atomic mass is 10.1. The van der Waals surface area contributed by atoms with Crippen molar-refractivity contribution in [2.45, 2.75) is 18.9 Å². The molecule has 0 heterocycles. The first kappa shape index (κ1) is 10.7. The Morgan fingerprint density at radius 3 is 2.57 bits per heavy atom. The van der Waals surface area contributed by atoms with Gasteiger partial charge in [-0.2, -0.15) is 0 Å². The Kier molecular flexibility index (Phi) is 4.73. The highest BCUT2D eigenvalue weighted by molar-refractivity contribution is 5.48. The van der Waals surface area contributed by atoms with Gasteiger partial charge in [0.2, 0.25) is 0 Å². The highest BCUT2D eigenvalue weighted by Gasteiger charge is 1.96. The third-order valence-electron chi connectivity index (χ3n) is 1.96. The lowest BCUT2D eigenvalue weighted by Crippen LogP contribution is -2.01. The van der Waals surface area contributed by atoms with Crippen molar-refractivity contribution in [1.82, 2.24) is 0 Å². The zero-order valence-electron chi connectivity index (χ0n) is 8.26. The SMILES string of the molecule is C=CCC(O)C/C=C/c1ccccc1. The van der Waals surface area contributed by atoms with E-state index < -0.39 is 0 Å². The maximum atomic E-state index is 9.40. The molecule has 0 spiro atoms. The van der Waals surface area contributed by atoms with E-state index >= 15 is 0 Å². The van der Waals surface area contributed by atoms with E-state index in [4.69, 9.17) is 0 Å². The van der Waals surface area contributed by atoms with Crippen molar-refractivity contribution in [2.24, 2.45) is 0 Å². The Morgan fingerprint density at radius 2 is 1.93 bits per heavy atom. The van der Waals surface area contributed by atoms with E-state index in [2.05, 4.69) is 6.58 Å². The van der Waals surface area contributed by atoms with E-state index in [-0.39, 0.29) is 6.10 Å². The summed E-state index contributed by atoms with van der Waals surface area (Å²) in [7, 11) is 0. The molecule has 0 radical (unpaired) electrons. The molecule has 0 aliphatic heterocycles. The Morgan fingerprint density at radius 1 is 1.21 bits per heavy atom. The summed E-state index contributed by atoms with van der Waals surface area (Å²) in [6.45, 7) is 3.58. The second kappa shape index (κ2) is 6.17. The van der Waals surface area contributed by atoms with Gasteiger partial charge in [-0.25, -0.2) is 0 Å². The van der Waals surface area contributed by atoms with E-state index in [0.29, 0.717) is 12.8 Å². The van der Waals surface area contributed by atoms with E-state index in [9.17, 15) is 5.11 Å². The normalized spacial score (nSPS) is 12.9. The van der Waals surface area contributed by atoms with E-state index in [1.807, 2.05) is 42.5 Å². The maximum absolute atomic E-state index is 9.40. The molecule has 1 nitrogen and oxygen atoms in total. The zero-order valence-corrected chi connectivity index (χ0v) is 8.26. The maximum Gasteiger partial charge on any atom is 0.0609 e. The Bertz CT molecular complexity index is 287.